The summed E-state index contributed by atoms with van der Waals surface area (Å²) in [7, 11) is 14.1. The number of hydrogen-bond acceptors (Lipinski definition) is 18. The average molecular weight is 1280 g/mol. The van der Waals surface area contributed by atoms with Gasteiger partial charge in [0.15, 0.2) is 23.0 Å². The molecular formula is C70H109ClN14O6. The Morgan fingerprint density at radius 3 is 0.989 bits per heavy atom. The van der Waals surface area contributed by atoms with Crippen molar-refractivity contribution >= 4 is 69.6 Å². The maximum absolute atomic E-state index is 13.1. The summed E-state index contributed by atoms with van der Waals surface area (Å²) >= 11 is 0. The van der Waals surface area contributed by atoms with E-state index in [1.807, 2.05) is 96.3 Å². The molecule has 0 unspecified atom stereocenters. The van der Waals surface area contributed by atoms with Crippen molar-refractivity contribution in [1.82, 2.24) is 51.0 Å². The van der Waals surface area contributed by atoms with E-state index in [1.165, 1.54) is 88.2 Å². The summed E-state index contributed by atoms with van der Waals surface area (Å²) < 4.78 is 21.7. The minimum Gasteiger partial charge on any atom is -0.493 e. The molecule has 2 amide bonds. The van der Waals surface area contributed by atoms with Crippen LogP contribution in [0.3, 0.4) is 0 Å². The monoisotopic (exact) mass is 1280 g/mol. The molecule has 21 heteroatoms. The first-order valence-electron chi connectivity index (χ1n) is 33.2. The van der Waals surface area contributed by atoms with E-state index in [0.717, 1.165) is 152 Å². The van der Waals surface area contributed by atoms with Crippen LogP contribution in [-0.4, -0.2) is 164 Å². The van der Waals surface area contributed by atoms with Crippen LogP contribution < -0.4 is 61.5 Å². The molecule has 0 aliphatic heterocycles. The summed E-state index contributed by atoms with van der Waals surface area (Å²) in [6.07, 6.45) is 22.9. The first kappa shape index (κ1) is 74.8. The summed E-state index contributed by atoms with van der Waals surface area (Å²) in [5, 5.41) is 15.9. The zero-order valence-electron chi connectivity index (χ0n) is 56.1. The van der Waals surface area contributed by atoms with Crippen LogP contribution in [0.2, 0.25) is 0 Å². The van der Waals surface area contributed by atoms with Crippen LogP contribution in [0, 0.1) is 0 Å². The number of methoxy groups -OCH3 is 4. The summed E-state index contributed by atoms with van der Waals surface area (Å²) in [6, 6.07) is 23.4. The average Bonchev–Trinajstić information content (AvgIpc) is 0.893. The number of fused-ring (bicyclic) bond motifs is 2. The maximum atomic E-state index is 13.1. The summed E-state index contributed by atoms with van der Waals surface area (Å²) in [6.45, 7) is 11.1. The molecule has 0 atom stereocenters. The predicted octanol–water partition coefficient (Wildman–Crippen LogP) is 11.5. The lowest BCUT2D eigenvalue weighted by Gasteiger charge is -2.19. The number of ether oxygens (including phenoxy) is 4. The number of aromatic nitrogens is 4. The summed E-state index contributed by atoms with van der Waals surface area (Å²) in [4.78, 5) is 52.5. The normalized spacial score (nSPS) is 11.2. The fourth-order valence-electron chi connectivity index (χ4n) is 11.0. The fourth-order valence-corrected chi connectivity index (χ4v) is 11.0. The van der Waals surface area contributed by atoms with Crippen LogP contribution in [0.5, 0.6) is 23.0 Å². The number of benzene rings is 4. The van der Waals surface area contributed by atoms with Crippen LogP contribution >= 0.6 is 12.4 Å². The second-order valence-electron chi connectivity index (χ2n) is 23.9. The van der Waals surface area contributed by atoms with E-state index in [2.05, 4.69) is 55.5 Å². The molecule has 6 rings (SSSR count). The van der Waals surface area contributed by atoms with Crippen molar-refractivity contribution in [2.45, 2.75) is 142 Å². The molecule has 0 saturated carbocycles. The van der Waals surface area contributed by atoms with E-state index in [1.54, 1.807) is 28.4 Å². The van der Waals surface area contributed by atoms with E-state index in [9.17, 15) is 9.59 Å². The first-order valence-corrected chi connectivity index (χ1v) is 33.2. The summed E-state index contributed by atoms with van der Waals surface area (Å²) in [5.41, 5.74) is 17.9. The van der Waals surface area contributed by atoms with Crippen molar-refractivity contribution in [2.75, 3.05) is 143 Å². The van der Waals surface area contributed by atoms with E-state index >= 15 is 0 Å². The third-order valence-corrected chi connectivity index (χ3v) is 16.7. The molecule has 6 aromatic rings. The second-order valence-corrected chi connectivity index (χ2v) is 23.9. The molecule has 2 heterocycles. The number of carbonyl (C=O) groups is 2. The number of rotatable bonds is 47. The Kier molecular flexibility index (Phi) is 34.7. The molecular weight excluding hydrogens is 1170 g/mol. The van der Waals surface area contributed by atoms with Crippen LogP contribution in [-0.2, 0) is 13.1 Å². The van der Waals surface area contributed by atoms with Gasteiger partial charge < -0.3 is 71.3 Å². The minimum absolute atomic E-state index is 0. The van der Waals surface area contributed by atoms with Crippen molar-refractivity contribution in [2.24, 2.45) is 0 Å². The number of hydrogen-bond donors (Lipinski definition) is 6. The molecule has 4 aromatic carbocycles. The van der Waals surface area contributed by atoms with Gasteiger partial charge in [-0.15, -0.1) is 12.4 Å². The lowest BCUT2D eigenvalue weighted by atomic mass is 10.1. The molecule has 8 N–H and O–H groups in total. The van der Waals surface area contributed by atoms with Crippen molar-refractivity contribution in [1.29, 1.82) is 0 Å². The third kappa shape index (κ3) is 25.6. The van der Waals surface area contributed by atoms with Crippen LogP contribution in [0.4, 0.5) is 23.5 Å². The number of carbonyl (C=O) groups excluding carboxylic acids is 2. The minimum atomic E-state index is 0. The Bertz CT molecular complexity index is 2850. The molecule has 0 aliphatic carbocycles. The number of nitrogens with zero attached hydrogens (tertiary/aromatic N) is 8. The van der Waals surface area contributed by atoms with Crippen LogP contribution in [0.15, 0.2) is 72.8 Å². The SMILES string of the molecule is COc1cc2nc(N(C)CCCCCCN(C)C(=O)c3ccc(CNCCCCCCNCCCCCCNCCCCCCNCc4ccc(C(=O)N(C)CCCCCCN(C)c5nc(N)c6cc(OC)c(OC)cc6n5)cc4)cc3)nc(N)c2cc1OC.Cl. The van der Waals surface area contributed by atoms with Gasteiger partial charge in [0.1, 0.15) is 11.6 Å². The number of halogens is 1. The molecule has 0 saturated heterocycles. The van der Waals surface area contributed by atoms with Gasteiger partial charge in [0.25, 0.3) is 11.8 Å². The number of unbranched alkanes of at least 4 members (excludes halogenated alkanes) is 15. The molecule has 2 aromatic heterocycles. The predicted molar refractivity (Wildman–Crippen MR) is 376 cm³/mol. The lowest BCUT2D eigenvalue weighted by molar-refractivity contribution is 0.0785. The zero-order chi connectivity index (χ0) is 64.3. The highest BCUT2D eigenvalue weighted by Gasteiger charge is 2.18. The van der Waals surface area contributed by atoms with E-state index in [4.69, 9.17) is 40.4 Å². The van der Waals surface area contributed by atoms with Gasteiger partial charge in [-0.25, -0.2) is 9.97 Å². The first-order chi connectivity index (χ1) is 43.8. The topological polar surface area (TPSA) is 236 Å². The van der Waals surface area contributed by atoms with Crippen molar-refractivity contribution in [3.63, 3.8) is 0 Å². The van der Waals surface area contributed by atoms with Gasteiger partial charge >= 0.3 is 0 Å². The highest BCUT2D eigenvalue weighted by molar-refractivity contribution is 5.95. The van der Waals surface area contributed by atoms with Crippen molar-refractivity contribution < 1.29 is 28.5 Å². The second kappa shape index (κ2) is 42.2. The molecule has 0 radical (unpaired) electrons. The van der Waals surface area contributed by atoms with Gasteiger partial charge in [0.2, 0.25) is 11.9 Å². The Morgan fingerprint density at radius 1 is 0.385 bits per heavy atom. The molecule has 91 heavy (non-hydrogen) atoms. The maximum Gasteiger partial charge on any atom is 0.253 e. The number of nitrogens with two attached hydrogens (primary N) is 2. The molecule has 0 spiro atoms. The van der Waals surface area contributed by atoms with Gasteiger partial charge in [0, 0.05) is 101 Å². The van der Waals surface area contributed by atoms with Gasteiger partial charge in [-0.1, -0.05) is 88.5 Å². The molecule has 502 valence electrons. The Labute approximate surface area is 549 Å². The number of anilines is 4. The van der Waals surface area contributed by atoms with Gasteiger partial charge in [-0.3, -0.25) is 9.59 Å². The van der Waals surface area contributed by atoms with E-state index < -0.39 is 0 Å². The van der Waals surface area contributed by atoms with E-state index in [0.29, 0.717) is 57.6 Å². The quantitative estimate of drug-likeness (QED) is 0.0195. The largest absolute Gasteiger partial charge is 0.493 e. The number of amides is 2. The highest BCUT2D eigenvalue weighted by atomic mass is 35.5. The highest BCUT2D eigenvalue weighted by Crippen LogP contribution is 2.35. The summed E-state index contributed by atoms with van der Waals surface area (Å²) in [5.74, 6) is 4.47. The number of nitrogen functional groups attached to an aromatic ring is 2. The zero-order valence-corrected chi connectivity index (χ0v) is 57.0. The lowest BCUT2D eigenvalue weighted by Crippen LogP contribution is -2.27. The molecule has 20 nitrogen and oxygen atoms in total. The van der Waals surface area contributed by atoms with E-state index in [-0.39, 0.29) is 24.2 Å². The Morgan fingerprint density at radius 2 is 0.670 bits per heavy atom. The van der Waals surface area contributed by atoms with Gasteiger partial charge in [0.05, 0.1) is 39.5 Å². The molecule has 0 aliphatic rings. The smallest absolute Gasteiger partial charge is 0.253 e. The third-order valence-electron chi connectivity index (χ3n) is 16.7. The van der Waals surface area contributed by atoms with Crippen molar-refractivity contribution in [3.8, 4) is 23.0 Å². The van der Waals surface area contributed by atoms with Crippen LogP contribution in [0.1, 0.15) is 160 Å². The van der Waals surface area contributed by atoms with Gasteiger partial charge in [-0.05, 0) is 151 Å². The van der Waals surface area contributed by atoms with Gasteiger partial charge in [-0.2, -0.15) is 9.97 Å². The Hall–Kier alpha value is -6.97. The fraction of sp³-hybridized carbons (Fsp3) is 0.571. The van der Waals surface area contributed by atoms with Crippen molar-refractivity contribution in [3.05, 3.63) is 95.1 Å². The standard InChI is InChI=1S/C70H108N14O6.ClH/c1-81(43-25-15-17-27-45-83(3)69-77-59-49-63(89-7)61(87-5)47-57(59)65(71)79-69)67(85)55-33-29-53(30-34-55)51-75-41-23-13-11-21-39-73-37-19-9-10-20-38-74-40-22-12-14-24-42-76-52-54-31-35-56(36-32-54)68(86)82(2)44-26-16-18-28-46-84(4)70-78-60-50-64(90-8)62(88-6)48-58(60)66(72)80-70;/h29-36,47-50,73-76H,9-28,37-46,51-52H2,1-8H3,(H2,71,77,79)(H2,72,78,80);1H. The molecule has 0 bridgehead atoms. The Balaban J connectivity index is 0.0000150. The van der Waals surface area contributed by atoms with Crippen LogP contribution in [0.25, 0.3) is 21.8 Å². The molecule has 0 fully saturated rings. The number of nitrogens with one attached hydrogen (secondary N) is 4.